The molecule has 1 aliphatic rings. The molecule has 1 N–H and O–H groups in total. The number of ether oxygens (including phenoxy) is 1. The number of benzene rings is 2. The minimum absolute atomic E-state index is 0.0537. The Hall–Kier alpha value is -2.46. The first-order valence-corrected chi connectivity index (χ1v) is 10.9. The van der Waals surface area contributed by atoms with Gasteiger partial charge in [-0.2, -0.15) is 4.98 Å². The lowest BCUT2D eigenvalue weighted by molar-refractivity contribution is -0.121. The van der Waals surface area contributed by atoms with Gasteiger partial charge in [-0.1, -0.05) is 5.16 Å². The summed E-state index contributed by atoms with van der Waals surface area (Å²) in [5.74, 6) is 1.90. The molecular weight excluding hydrogens is 495 g/mol. The van der Waals surface area contributed by atoms with Gasteiger partial charge in [-0.3, -0.25) is 9.69 Å². The molecule has 156 valence electrons. The molecule has 0 bridgehead atoms. The zero-order valence-electron chi connectivity index (χ0n) is 16.7. The third-order valence-electron chi connectivity index (χ3n) is 5.16. The van der Waals surface area contributed by atoms with Crippen LogP contribution in [0.25, 0.3) is 11.4 Å². The van der Waals surface area contributed by atoms with Crippen molar-refractivity contribution in [3.63, 3.8) is 0 Å². The predicted octanol–water partition coefficient (Wildman–Crippen LogP) is 4.20. The summed E-state index contributed by atoms with van der Waals surface area (Å²) in [5.41, 5.74) is 1.71. The number of carbonyl (C=O) groups is 1. The molecule has 0 saturated carbocycles. The Kier molecular flexibility index (Phi) is 6.63. The van der Waals surface area contributed by atoms with Crippen LogP contribution in [0.15, 0.2) is 53.1 Å². The van der Waals surface area contributed by atoms with Gasteiger partial charge < -0.3 is 14.6 Å². The number of amides is 1. The number of hydrogen-bond donors (Lipinski definition) is 1. The van der Waals surface area contributed by atoms with Crippen molar-refractivity contribution < 1.29 is 14.1 Å². The second kappa shape index (κ2) is 9.57. The third-order valence-corrected chi connectivity index (χ3v) is 5.88. The zero-order valence-corrected chi connectivity index (χ0v) is 18.8. The van der Waals surface area contributed by atoms with Crippen LogP contribution in [0.4, 0.5) is 5.69 Å². The quantitative estimate of drug-likeness (QED) is 0.493. The molecule has 0 radical (unpaired) electrons. The van der Waals surface area contributed by atoms with Crippen LogP contribution in [0, 0.1) is 9.49 Å². The van der Waals surface area contributed by atoms with Crippen LogP contribution in [0.1, 0.15) is 18.7 Å². The highest BCUT2D eigenvalue weighted by atomic mass is 127. The largest absolute Gasteiger partial charge is 0.497 e. The molecule has 4 rings (SSSR count). The van der Waals surface area contributed by atoms with E-state index in [4.69, 9.17) is 9.26 Å². The van der Waals surface area contributed by atoms with Crippen molar-refractivity contribution >= 4 is 34.2 Å². The number of rotatable bonds is 6. The second-order valence-electron chi connectivity index (χ2n) is 7.31. The Morgan fingerprint density at radius 3 is 2.73 bits per heavy atom. The molecule has 30 heavy (non-hydrogen) atoms. The van der Waals surface area contributed by atoms with Gasteiger partial charge >= 0.3 is 0 Å². The SMILES string of the molecule is COc1ccc(-c2noc(CN3CCCC(C(=O)Nc4ccc(I)cc4)C3)n2)cc1. The Bertz CT molecular complexity index is 988. The Morgan fingerprint density at radius 1 is 1.23 bits per heavy atom. The first kappa shape index (κ1) is 20.8. The molecule has 1 amide bonds. The molecule has 8 heteroatoms. The highest BCUT2D eigenvalue weighted by Crippen LogP contribution is 2.23. The molecule has 2 aromatic carbocycles. The minimum atomic E-state index is -0.0537. The summed E-state index contributed by atoms with van der Waals surface area (Å²) < 4.78 is 11.8. The van der Waals surface area contributed by atoms with Crippen LogP contribution in [0.5, 0.6) is 5.75 Å². The predicted molar refractivity (Wildman–Crippen MR) is 122 cm³/mol. The lowest BCUT2D eigenvalue weighted by Gasteiger charge is -2.30. The molecule has 0 spiro atoms. The van der Waals surface area contributed by atoms with Crippen LogP contribution in [-0.4, -0.2) is 41.1 Å². The van der Waals surface area contributed by atoms with Gasteiger partial charge in [0.15, 0.2) is 0 Å². The van der Waals surface area contributed by atoms with E-state index < -0.39 is 0 Å². The first-order chi connectivity index (χ1) is 14.6. The van der Waals surface area contributed by atoms with E-state index in [-0.39, 0.29) is 11.8 Å². The van der Waals surface area contributed by atoms with Gasteiger partial charge in [0.1, 0.15) is 5.75 Å². The zero-order chi connectivity index (χ0) is 20.9. The van der Waals surface area contributed by atoms with Gasteiger partial charge in [-0.15, -0.1) is 0 Å². The number of carbonyl (C=O) groups excluding carboxylic acids is 1. The monoisotopic (exact) mass is 518 g/mol. The number of aromatic nitrogens is 2. The highest BCUT2D eigenvalue weighted by molar-refractivity contribution is 14.1. The smallest absolute Gasteiger partial charge is 0.241 e. The molecule has 1 aliphatic heterocycles. The highest BCUT2D eigenvalue weighted by Gasteiger charge is 2.27. The Labute approximate surface area is 188 Å². The summed E-state index contributed by atoms with van der Waals surface area (Å²) in [5, 5.41) is 7.12. The number of methoxy groups -OCH3 is 1. The van der Waals surface area contributed by atoms with Crippen LogP contribution in [0.3, 0.4) is 0 Å². The van der Waals surface area contributed by atoms with E-state index in [1.165, 1.54) is 0 Å². The minimum Gasteiger partial charge on any atom is -0.497 e. The van der Waals surface area contributed by atoms with Gasteiger partial charge in [0, 0.05) is 21.4 Å². The van der Waals surface area contributed by atoms with Gasteiger partial charge in [-0.25, -0.2) is 0 Å². The molecule has 1 saturated heterocycles. The van der Waals surface area contributed by atoms with Crippen LogP contribution in [-0.2, 0) is 11.3 Å². The van der Waals surface area contributed by atoms with E-state index in [9.17, 15) is 4.79 Å². The standard InChI is InChI=1S/C22H23IN4O3/c1-29-19-10-4-15(5-11-19)21-25-20(30-26-21)14-27-12-2-3-16(13-27)22(28)24-18-8-6-17(23)7-9-18/h4-11,16H,2-3,12-14H2,1H3,(H,24,28). The summed E-state index contributed by atoms with van der Waals surface area (Å²) in [7, 11) is 1.63. The number of hydrogen-bond acceptors (Lipinski definition) is 6. The van der Waals surface area contributed by atoms with Gasteiger partial charge in [0.2, 0.25) is 17.6 Å². The maximum absolute atomic E-state index is 12.7. The fourth-order valence-corrected chi connectivity index (χ4v) is 3.92. The van der Waals surface area contributed by atoms with Crippen molar-refractivity contribution in [1.29, 1.82) is 0 Å². The van der Waals surface area contributed by atoms with E-state index >= 15 is 0 Å². The van der Waals surface area contributed by atoms with Crippen LogP contribution >= 0.6 is 22.6 Å². The van der Waals surface area contributed by atoms with Crippen molar-refractivity contribution in [1.82, 2.24) is 15.0 Å². The van der Waals surface area contributed by atoms with Crippen LogP contribution < -0.4 is 10.1 Å². The summed E-state index contributed by atoms with van der Waals surface area (Å²) >= 11 is 2.25. The normalized spacial score (nSPS) is 16.9. The molecule has 0 aliphatic carbocycles. The number of likely N-dealkylation sites (tertiary alicyclic amines) is 1. The summed E-state index contributed by atoms with van der Waals surface area (Å²) in [4.78, 5) is 19.4. The maximum atomic E-state index is 12.7. The number of nitrogens with one attached hydrogen (secondary N) is 1. The third kappa shape index (κ3) is 5.17. The molecule has 1 atom stereocenters. The van der Waals surface area contributed by atoms with Gasteiger partial charge in [0.25, 0.3) is 0 Å². The average Bonchev–Trinajstić information content (AvgIpc) is 3.24. The van der Waals surface area contributed by atoms with E-state index in [0.29, 0.717) is 24.8 Å². The van der Waals surface area contributed by atoms with E-state index in [0.717, 1.165) is 40.0 Å². The number of halogens is 1. The van der Waals surface area contributed by atoms with Crippen molar-refractivity contribution in [3.05, 3.63) is 58.0 Å². The summed E-state index contributed by atoms with van der Waals surface area (Å²) in [6, 6.07) is 15.4. The molecule has 2 heterocycles. The van der Waals surface area contributed by atoms with E-state index in [2.05, 4.69) is 42.9 Å². The van der Waals surface area contributed by atoms with Crippen LogP contribution in [0.2, 0.25) is 0 Å². The molecule has 3 aromatic rings. The number of anilines is 1. The van der Waals surface area contributed by atoms with Crippen molar-refractivity contribution in [2.75, 3.05) is 25.5 Å². The number of piperidine rings is 1. The summed E-state index contributed by atoms with van der Waals surface area (Å²) in [6.45, 7) is 2.13. The Morgan fingerprint density at radius 2 is 2.00 bits per heavy atom. The van der Waals surface area contributed by atoms with E-state index in [1.54, 1.807) is 7.11 Å². The molecule has 7 nitrogen and oxygen atoms in total. The van der Waals surface area contributed by atoms with E-state index in [1.807, 2.05) is 48.5 Å². The fraction of sp³-hybridized carbons (Fsp3) is 0.318. The second-order valence-corrected chi connectivity index (χ2v) is 8.56. The fourth-order valence-electron chi connectivity index (χ4n) is 3.56. The van der Waals surface area contributed by atoms with Crippen molar-refractivity contribution in [2.24, 2.45) is 5.92 Å². The maximum Gasteiger partial charge on any atom is 0.241 e. The van der Waals surface area contributed by atoms with Crippen molar-refractivity contribution in [2.45, 2.75) is 19.4 Å². The van der Waals surface area contributed by atoms with Gasteiger partial charge in [0.05, 0.1) is 19.6 Å². The molecule has 1 aromatic heterocycles. The average molecular weight is 518 g/mol. The molecular formula is C22H23IN4O3. The first-order valence-electron chi connectivity index (χ1n) is 9.86. The molecule has 1 unspecified atom stereocenters. The van der Waals surface area contributed by atoms with Gasteiger partial charge in [-0.05, 0) is 90.5 Å². The lowest BCUT2D eigenvalue weighted by Crippen LogP contribution is -2.40. The lowest BCUT2D eigenvalue weighted by atomic mass is 9.97. The summed E-state index contributed by atoms with van der Waals surface area (Å²) in [6.07, 6.45) is 1.85. The Balaban J connectivity index is 1.35. The number of nitrogens with zero attached hydrogens (tertiary/aromatic N) is 3. The molecule has 1 fully saturated rings. The topological polar surface area (TPSA) is 80.5 Å². The van der Waals surface area contributed by atoms with Crippen molar-refractivity contribution in [3.8, 4) is 17.1 Å².